The summed E-state index contributed by atoms with van der Waals surface area (Å²) in [6.07, 6.45) is -11.3. The van der Waals surface area contributed by atoms with Crippen molar-refractivity contribution in [3.05, 3.63) is 35.9 Å². The molecule has 0 bridgehead atoms. The number of primary amides is 1. The summed E-state index contributed by atoms with van der Waals surface area (Å²) in [5.74, 6) is -5.24. The van der Waals surface area contributed by atoms with E-state index in [1.807, 2.05) is 0 Å². The lowest BCUT2D eigenvalue weighted by atomic mass is 9.86. The van der Waals surface area contributed by atoms with Crippen LogP contribution >= 0.6 is 0 Å². The third-order valence-electron chi connectivity index (χ3n) is 1.98. The fourth-order valence-electron chi connectivity index (χ4n) is 1.31. The molecule has 0 saturated carbocycles. The molecule has 3 heteroatoms. The molecule has 1 aliphatic heterocycles. The molecule has 2 atom stereocenters. The number of carbonyl (C=O) groups excluding carboxylic acids is 1. The summed E-state index contributed by atoms with van der Waals surface area (Å²) in [6, 6.07) is 2.37. The molecule has 1 aromatic rings. The monoisotopic (exact) mass is 231 g/mol. The van der Waals surface area contributed by atoms with E-state index in [1.165, 1.54) is 18.2 Å². The molecular formula is C13H18N2O. The number of amides is 1. The van der Waals surface area contributed by atoms with E-state index in [1.54, 1.807) is 0 Å². The summed E-state index contributed by atoms with van der Waals surface area (Å²) in [6.45, 7) is -3.67. The van der Waals surface area contributed by atoms with E-state index in [0.717, 1.165) is 12.1 Å². The van der Waals surface area contributed by atoms with Crippen LogP contribution in [0.25, 0.3) is 0 Å². The van der Waals surface area contributed by atoms with Crippen molar-refractivity contribution < 1.29 is 22.7 Å². The first-order valence-corrected chi connectivity index (χ1v) is 4.54. The Labute approximate surface area is 114 Å². The molecular weight excluding hydrogens is 200 g/mol. The van der Waals surface area contributed by atoms with E-state index in [4.69, 9.17) is 17.9 Å². The third-order valence-corrected chi connectivity index (χ3v) is 1.98. The van der Waals surface area contributed by atoms with Gasteiger partial charge in [-0.3, -0.25) is 4.79 Å². The zero-order chi connectivity index (χ0) is 22.8. The molecule has 1 aliphatic rings. The van der Waals surface area contributed by atoms with Gasteiger partial charge in [0.1, 0.15) is 1.41 Å². The van der Waals surface area contributed by atoms with Gasteiger partial charge in [-0.25, -0.2) is 0 Å². The second-order valence-electron chi connectivity index (χ2n) is 2.99. The summed E-state index contributed by atoms with van der Waals surface area (Å²) in [5.41, 5.74) is -1.13. The largest absolute Gasteiger partial charge is 0.369 e. The average Bonchev–Trinajstić information content (AvgIpc) is 2.64. The second-order valence-corrected chi connectivity index (χ2v) is 2.99. The first kappa shape index (κ1) is 3.33. The van der Waals surface area contributed by atoms with E-state index in [2.05, 4.69) is 0 Å². The fourth-order valence-corrected chi connectivity index (χ4v) is 1.31. The van der Waals surface area contributed by atoms with Crippen molar-refractivity contribution in [2.45, 2.75) is 31.0 Å². The smallest absolute Gasteiger partial charge is 0.226 e. The maximum Gasteiger partial charge on any atom is 0.226 e. The molecule has 86 valence electrons. The van der Waals surface area contributed by atoms with Gasteiger partial charge in [-0.2, -0.15) is 0 Å². The van der Waals surface area contributed by atoms with Crippen LogP contribution in [0.3, 0.4) is 0 Å². The number of nitrogens with one attached hydrogen (secondary N) is 1. The molecule has 1 fully saturated rings. The van der Waals surface area contributed by atoms with Crippen LogP contribution in [0.5, 0.6) is 0 Å². The van der Waals surface area contributed by atoms with Crippen LogP contribution in [0.15, 0.2) is 30.3 Å². The van der Waals surface area contributed by atoms with Gasteiger partial charge in [-0.1, -0.05) is 36.7 Å². The average molecular weight is 231 g/mol. The van der Waals surface area contributed by atoms with Crippen molar-refractivity contribution in [3.63, 3.8) is 0 Å². The lowest BCUT2D eigenvalue weighted by molar-refractivity contribution is -0.120. The highest BCUT2D eigenvalue weighted by atomic mass is 16.1. The molecule has 0 radical (unpaired) electrons. The molecule has 0 spiro atoms. The van der Waals surface area contributed by atoms with Gasteiger partial charge in [0.15, 0.2) is 2.82 Å². The Morgan fingerprint density at radius 1 is 1.69 bits per heavy atom. The van der Waals surface area contributed by atoms with E-state index in [9.17, 15) is 4.79 Å². The molecule has 2 unspecified atom stereocenters. The first-order chi connectivity index (χ1) is 12.9. The summed E-state index contributed by atoms with van der Waals surface area (Å²) in [5, 5.41) is -0.581. The van der Waals surface area contributed by atoms with Crippen LogP contribution in [0.2, 0.25) is 4.24 Å². The minimum absolute atomic E-state index is 0.500. The van der Waals surface area contributed by atoms with Crippen LogP contribution in [0.1, 0.15) is 44.3 Å². The molecule has 2 rings (SSSR count). The van der Waals surface area contributed by atoms with Crippen molar-refractivity contribution in [2.75, 3.05) is 6.50 Å². The van der Waals surface area contributed by atoms with E-state index < -0.39 is 60.0 Å². The first-order valence-electron chi connectivity index (χ1n) is 10.9. The van der Waals surface area contributed by atoms with Crippen molar-refractivity contribution in [3.8, 4) is 0 Å². The Hall–Kier alpha value is -1.35. The van der Waals surface area contributed by atoms with Gasteiger partial charge >= 0.3 is 0 Å². The normalized spacial score (nSPS) is 54.6. The zero-order valence-electron chi connectivity index (χ0n) is 21.2. The van der Waals surface area contributed by atoms with Crippen molar-refractivity contribution >= 4 is 5.91 Å². The molecule has 3 N–H and O–H groups in total. The Kier molecular flexibility index (Phi) is 1.06. The highest BCUT2D eigenvalue weighted by molar-refractivity contribution is 5.82. The zero-order valence-corrected chi connectivity index (χ0v) is 8.19. The molecule has 1 aromatic carbocycles. The quantitative estimate of drug-likeness (QED) is 0.826. The highest BCUT2D eigenvalue weighted by Gasteiger charge is 2.28. The van der Waals surface area contributed by atoms with Gasteiger partial charge in [0.25, 0.3) is 0 Å². The van der Waals surface area contributed by atoms with Gasteiger partial charge < -0.3 is 11.0 Å². The Bertz CT molecular complexity index is 801. The molecule has 1 saturated heterocycles. The van der Waals surface area contributed by atoms with E-state index in [-0.39, 0.29) is 0 Å². The third kappa shape index (κ3) is 2.42. The van der Waals surface area contributed by atoms with Crippen LogP contribution in [-0.2, 0) is 4.79 Å². The van der Waals surface area contributed by atoms with Gasteiger partial charge in [-0.15, -0.1) is 0 Å². The topological polar surface area (TPSA) is 55.1 Å². The van der Waals surface area contributed by atoms with Crippen molar-refractivity contribution in [1.82, 2.24) is 5.31 Å². The van der Waals surface area contributed by atoms with Gasteiger partial charge in [0, 0.05) is 19.7 Å². The van der Waals surface area contributed by atoms with Crippen LogP contribution in [0, 0.1) is 0 Å². The van der Waals surface area contributed by atoms with Gasteiger partial charge in [-0.05, 0) is 24.8 Å². The van der Waals surface area contributed by atoms with E-state index >= 15 is 0 Å². The van der Waals surface area contributed by atoms with Crippen molar-refractivity contribution in [2.24, 2.45) is 5.72 Å². The lowest BCUT2D eigenvalue weighted by Gasteiger charge is -2.29. The maximum atomic E-state index is 12.7. The summed E-state index contributed by atoms with van der Waals surface area (Å²) in [4.78, 5) is 12.7. The standard InChI is InChI=1S/C13H18N2O/c14-13(16)12(10-6-2-1-3-7-10)11-8-4-5-9-15-11/h1-3,6-7,11-12,15H,4-5,8-9H2,(H2,14,16)/i4D2,5D2,8D2,9D2,11D,12D/hD3. The minimum atomic E-state index is -3.83. The number of piperidine rings is 1. The molecule has 16 heavy (non-hydrogen) atoms. The number of carbonyl (C=O) groups is 1. The number of hydrogen-bond donors (Lipinski definition) is 2. The highest BCUT2D eigenvalue weighted by Crippen LogP contribution is 2.24. The summed E-state index contributed by atoms with van der Waals surface area (Å²) < 4.78 is 104. The van der Waals surface area contributed by atoms with Crippen LogP contribution < -0.4 is 11.0 Å². The van der Waals surface area contributed by atoms with Crippen LogP contribution in [0.4, 0.5) is 0 Å². The number of benzene rings is 1. The fraction of sp³-hybridized carbons (Fsp3) is 0.462. The SMILES string of the molecule is [2H]N([2H])C(=O)C([2H])(c1ccccc1)C1([2H])N([2H])C([2H])([2H])C([2H])([2H])C([2H])([2H])C1([2H])[2H]. The summed E-state index contributed by atoms with van der Waals surface area (Å²) in [7, 11) is 0. The van der Waals surface area contributed by atoms with Gasteiger partial charge in [0.05, 0.1) is 5.89 Å². The predicted molar refractivity (Wildman–Crippen MR) is 64.0 cm³/mol. The maximum absolute atomic E-state index is 12.7. The van der Waals surface area contributed by atoms with Crippen molar-refractivity contribution in [1.29, 1.82) is 0 Å². The molecule has 0 aromatic heterocycles. The molecule has 0 aliphatic carbocycles. The van der Waals surface area contributed by atoms with Gasteiger partial charge in [0.2, 0.25) is 5.91 Å². The Morgan fingerprint density at radius 2 is 2.50 bits per heavy atom. The second kappa shape index (κ2) is 5.12. The molecule has 3 nitrogen and oxygen atoms in total. The Morgan fingerprint density at radius 3 is 3.25 bits per heavy atom. The minimum Gasteiger partial charge on any atom is -0.369 e. The molecule has 1 heterocycles. The predicted octanol–water partition coefficient (Wildman–Crippen LogP) is 1.40. The number of hydrogen-bond acceptors (Lipinski definition) is 2. The number of nitrogens with two attached hydrogens (primary N) is 1. The van der Waals surface area contributed by atoms with E-state index in [0.29, 0.717) is 0 Å². The lowest BCUT2D eigenvalue weighted by Crippen LogP contribution is -2.43. The van der Waals surface area contributed by atoms with Crippen LogP contribution in [-0.4, -0.2) is 18.4 Å². The Balaban J connectivity index is 3.00. The summed E-state index contributed by atoms with van der Waals surface area (Å²) >= 11 is 0. The number of rotatable bonds is 3. The molecule has 1 amide bonds.